The molecule has 7 heteroatoms. The molecule has 2 aromatic rings. The molecule has 3 rings (SSSR count). The van der Waals surface area contributed by atoms with Gasteiger partial charge in [-0.2, -0.15) is 0 Å². The Morgan fingerprint density at radius 1 is 1.39 bits per heavy atom. The number of fused-ring (bicyclic) bond motifs is 1. The number of urea groups is 1. The van der Waals surface area contributed by atoms with Crippen molar-refractivity contribution in [2.24, 2.45) is 0 Å². The molecule has 0 aliphatic heterocycles. The summed E-state index contributed by atoms with van der Waals surface area (Å²) in [5.41, 5.74) is 2.27. The minimum absolute atomic E-state index is 0.394. The normalized spacial score (nSPS) is 15.2. The maximum atomic E-state index is 11.9. The molecule has 3 N–H and O–H groups in total. The summed E-state index contributed by atoms with van der Waals surface area (Å²) in [5.74, 6) is 0.856. The average Bonchev–Trinajstić information content (AvgIpc) is 3.27. The number of anilines is 1. The number of aromatic nitrogens is 1. The predicted molar refractivity (Wildman–Crippen MR) is 86.3 cm³/mol. The summed E-state index contributed by atoms with van der Waals surface area (Å²) in [6.45, 7) is 3.94. The molecule has 1 heterocycles. The van der Waals surface area contributed by atoms with E-state index in [4.69, 9.17) is 4.42 Å². The largest absolute Gasteiger partial charge is 0.440 e. The number of benzene rings is 1. The van der Waals surface area contributed by atoms with Crippen LogP contribution in [0.4, 0.5) is 10.5 Å². The van der Waals surface area contributed by atoms with Crippen LogP contribution in [0.15, 0.2) is 22.6 Å². The maximum absolute atomic E-state index is 11.9. The monoisotopic (exact) mass is 316 g/mol. The number of hydrogen-bond acceptors (Lipinski definition) is 5. The number of hydrogen-bond donors (Lipinski definition) is 3. The van der Waals surface area contributed by atoms with Crippen LogP contribution in [-0.2, 0) is 4.79 Å². The maximum Gasteiger partial charge on any atom is 0.321 e. The number of nitrogens with zero attached hydrogens (tertiary/aromatic N) is 1. The highest BCUT2D eigenvalue weighted by Gasteiger charge is 2.28. The third-order valence-electron chi connectivity index (χ3n) is 3.68. The second kappa shape index (κ2) is 6.28. The lowest BCUT2D eigenvalue weighted by molar-refractivity contribution is -0.120. The van der Waals surface area contributed by atoms with Gasteiger partial charge in [0.05, 0.1) is 0 Å². The summed E-state index contributed by atoms with van der Waals surface area (Å²) in [6.07, 6.45) is 2.27. The first-order valence-corrected chi connectivity index (χ1v) is 7.82. The van der Waals surface area contributed by atoms with Crippen LogP contribution in [0.2, 0.25) is 0 Å². The van der Waals surface area contributed by atoms with Crippen LogP contribution in [0.25, 0.3) is 11.1 Å². The van der Waals surface area contributed by atoms with Crippen molar-refractivity contribution >= 4 is 28.7 Å². The molecule has 0 bridgehead atoms. The lowest BCUT2D eigenvalue weighted by Crippen LogP contribution is -2.45. The molecule has 1 aromatic heterocycles. The number of rotatable bonds is 5. The van der Waals surface area contributed by atoms with Gasteiger partial charge in [0, 0.05) is 18.2 Å². The molecule has 23 heavy (non-hydrogen) atoms. The smallest absolute Gasteiger partial charge is 0.321 e. The van der Waals surface area contributed by atoms with Crippen molar-refractivity contribution in [3.8, 4) is 0 Å². The van der Waals surface area contributed by atoms with Crippen molar-refractivity contribution in [2.45, 2.75) is 38.6 Å². The van der Waals surface area contributed by atoms with E-state index in [1.807, 2.05) is 18.2 Å². The van der Waals surface area contributed by atoms with Gasteiger partial charge in [0.15, 0.2) is 11.5 Å². The van der Waals surface area contributed by atoms with Crippen LogP contribution >= 0.6 is 0 Å². The minimum Gasteiger partial charge on any atom is -0.440 e. The number of nitrogens with one attached hydrogen (secondary N) is 3. The van der Waals surface area contributed by atoms with Gasteiger partial charge in [0.25, 0.3) is 0 Å². The van der Waals surface area contributed by atoms with E-state index in [1.54, 1.807) is 13.8 Å². The Labute approximate surface area is 133 Å². The number of carbonyl (C=O) groups excluding carboxylic acids is 2. The first kappa shape index (κ1) is 15.3. The van der Waals surface area contributed by atoms with Gasteiger partial charge in [0.2, 0.25) is 5.91 Å². The lowest BCUT2D eigenvalue weighted by atomic mass is 10.2. The number of imide groups is 1. The first-order chi connectivity index (χ1) is 11.1. The summed E-state index contributed by atoms with van der Waals surface area (Å²) in [5, 5.41) is 7.86. The third kappa shape index (κ3) is 3.61. The number of amides is 3. The van der Waals surface area contributed by atoms with Gasteiger partial charge in [-0.1, -0.05) is 0 Å². The van der Waals surface area contributed by atoms with Gasteiger partial charge in [-0.05, 0) is 44.9 Å². The summed E-state index contributed by atoms with van der Waals surface area (Å²) < 4.78 is 5.71. The van der Waals surface area contributed by atoms with E-state index in [1.165, 1.54) is 0 Å². The van der Waals surface area contributed by atoms with Crippen molar-refractivity contribution in [1.29, 1.82) is 0 Å². The predicted octanol–water partition coefficient (Wildman–Crippen LogP) is 2.35. The van der Waals surface area contributed by atoms with Crippen molar-refractivity contribution in [2.75, 3.05) is 11.9 Å². The SMILES string of the molecule is CCNC(=O)NC(=O)C(C)Nc1ccc2oc(C3CC3)nc2c1. The Kier molecular flexibility index (Phi) is 4.18. The number of oxazole rings is 1. The van der Waals surface area contributed by atoms with E-state index in [-0.39, 0.29) is 0 Å². The third-order valence-corrected chi connectivity index (χ3v) is 3.68. The van der Waals surface area contributed by atoms with Crippen molar-refractivity contribution in [3.05, 3.63) is 24.1 Å². The zero-order chi connectivity index (χ0) is 16.4. The number of carbonyl (C=O) groups is 2. The molecule has 0 spiro atoms. The van der Waals surface area contributed by atoms with E-state index in [0.717, 1.165) is 35.5 Å². The minimum atomic E-state index is -0.551. The molecule has 7 nitrogen and oxygen atoms in total. The topological polar surface area (TPSA) is 96.3 Å². The molecule has 1 atom stereocenters. The van der Waals surface area contributed by atoms with Gasteiger partial charge >= 0.3 is 6.03 Å². The van der Waals surface area contributed by atoms with Gasteiger partial charge in [-0.25, -0.2) is 9.78 Å². The van der Waals surface area contributed by atoms with Crippen LogP contribution in [-0.4, -0.2) is 29.5 Å². The fourth-order valence-electron chi connectivity index (χ4n) is 2.28. The Morgan fingerprint density at radius 3 is 2.87 bits per heavy atom. The van der Waals surface area contributed by atoms with E-state index >= 15 is 0 Å². The van der Waals surface area contributed by atoms with Gasteiger partial charge in [-0.15, -0.1) is 0 Å². The quantitative estimate of drug-likeness (QED) is 0.787. The molecule has 122 valence electrons. The summed E-state index contributed by atoms with van der Waals surface area (Å²) in [4.78, 5) is 27.8. The van der Waals surface area contributed by atoms with E-state index in [2.05, 4.69) is 20.9 Å². The van der Waals surface area contributed by atoms with Gasteiger partial charge in [-0.3, -0.25) is 10.1 Å². The van der Waals surface area contributed by atoms with E-state index < -0.39 is 18.0 Å². The Morgan fingerprint density at radius 2 is 2.17 bits per heavy atom. The standard InChI is InChI=1S/C16H20N4O3/c1-3-17-16(22)20-14(21)9(2)18-11-6-7-13-12(8-11)19-15(23-13)10-4-5-10/h6-10,18H,3-5H2,1-2H3,(H2,17,20,21,22). The highest BCUT2D eigenvalue weighted by Crippen LogP contribution is 2.40. The van der Waals surface area contributed by atoms with Crippen molar-refractivity contribution in [1.82, 2.24) is 15.6 Å². The Bertz CT molecular complexity index is 736. The Hall–Kier alpha value is -2.57. The van der Waals surface area contributed by atoms with Crippen LogP contribution in [0.5, 0.6) is 0 Å². The van der Waals surface area contributed by atoms with Crippen LogP contribution in [0, 0.1) is 0 Å². The molecular formula is C16H20N4O3. The zero-order valence-corrected chi connectivity index (χ0v) is 13.2. The highest BCUT2D eigenvalue weighted by atomic mass is 16.3. The Balaban J connectivity index is 1.65. The molecule has 0 radical (unpaired) electrons. The van der Waals surface area contributed by atoms with Crippen molar-refractivity contribution < 1.29 is 14.0 Å². The fraction of sp³-hybridized carbons (Fsp3) is 0.438. The molecule has 1 aromatic carbocycles. The second-order valence-electron chi connectivity index (χ2n) is 5.72. The molecule has 1 fully saturated rings. The molecular weight excluding hydrogens is 296 g/mol. The van der Waals surface area contributed by atoms with Crippen LogP contribution < -0.4 is 16.0 Å². The second-order valence-corrected chi connectivity index (χ2v) is 5.72. The molecule has 1 saturated carbocycles. The van der Waals surface area contributed by atoms with E-state index in [0.29, 0.717) is 12.5 Å². The first-order valence-electron chi connectivity index (χ1n) is 7.82. The molecule has 3 amide bonds. The summed E-state index contributed by atoms with van der Waals surface area (Å²) >= 11 is 0. The van der Waals surface area contributed by atoms with Crippen LogP contribution in [0.1, 0.15) is 38.5 Å². The van der Waals surface area contributed by atoms with Gasteiger partial charge < -0.3 is 15.1 Å². The molecule has 0 saturated heterocycles. The van der Waals surface area contributed by atoms with Crippen molar-refractivity contribution in [3.63, 3.8) is 0 Å². The van der Waals surface area contributed by atoms with Crippen LogP contribution in [0.3, 0.4) is 0 Å². The summed E-state index contributed by atoms with van der Waals surface area (Å²) in [7, 11) is 0. The molecule has 1 aliphatic carbocycles. The van der Waals surface area contributed by atoms with E-state index in [9.17, 15) is 9.59 Å². The zero-order valence-electron chi connectivity index (χ0n) is 13.2. The highest BCUT2D eigenvalue weighted by molar-refractivity contribution is 5.98. The average molecular weight is 316 g/mol. The molecule has 1 unspecified atom stereocenters. The summed E-state index contributed by atoms with van der Waals surface area (Å²) in [6, 6.07) is 4.48. The van der Waals surface area contributed by atoms with Gasteiger partial charge in [0.1, 0.15) is 11.6 Å². The lowest BCUT2D eigenvalue weighted by Gasteiger charge is -2.14. The molecule has 1 aliphatic rings. The fourth-order valence-corrected chi connectivity index (χ4v) is 2.28.